The van der Waals surface area contributed by atoms with E-state index in [1.807, 2.05) is 0 Å². The molecular formula is C12H12N4O3. The lowest BCUT2D eigenvalue weighted by Gasteiger charge is -2.15. The maximum Gasteiger partial charge on any atom is 0.292 e. The monoisotopic (exact) mass is 260 g/mol. The molecule has 3 rings (SSSR count). The Morgan fingerprint density at radius 2 is 2.37 bits per heavy atom. The Morgan fingerprint density at radius 3 is 3.11 bits per heavy atom. The average Bonchev–Trinajstić information content (AvgIpc) is 3.10. The third-order valence-corrected chi connectivity index (χ3v) is 2.91. The number of nitrogens with zero attached hydrogens (tertiary/aromatic N) is 4. The Kier molecular flexibility index (Phi) is 3.09. The lowest BCUT2D eigenvalue weighted by atomic mass is 10.3. The van der Waals surface area contributed by atoms with Gasteiger partial charge in [-0.3, -0.25) is 9.78 Å². The van der Waals surface area contributed by atoms with Crippen LogP contribution in [0.1, 0.15) is 17.0 Å². The van der Waals surface area contributed by atoms with E-state index < -0.39 is 0 Å². The minimum Gasteiger partial charge on any atom is -0.471 e. The molecule has 0 N–H and O–H groups in total. The molecule has 1 unspecified atom stereocenters. The fraction of sp³-hybridized carbons (Fsp3) is 0.333. The number of hydrogen-bond donors (Lipinski definition) is 0. The van der Waals surface area contributed by atoms with Crippen molar-refractivity contribution >= 4 is 5.91 Å². The topological polar surface area (TPSA) is 81.4 Å². The first kappa shape index (κ1) is 11.6. The van der Waals surface area contributed by atoms with Crippen LogP contribution in [0.15, 0.2) is 35.4 Å². The Bertz CT molecular complexity index is 543. The zero-order valence-corrected chi connectivity index (χ0v) is 10.1. The Hall–Kier alpha value is -2.44. The smallest absolute Gasteiger partial charge is 0.292 e. The first-order valence-electron chi connectivity index (χ1n) is 5.95. The van der Waals surface area contributed by atoms with Crippen LogP contribution < -0.4 is 4.74 Å². The zero-order chi connectivity index (χ0) is 13.1. The highest BCUT2D eigenvalue weighted by atomic mass is 16.5. The third kappa shape index (κ3) is 2.54. The second-order valence-corrected chi connectivity index (χ2v) is 4.20. The van der Waals surface area contributed by atoms with E-state index in [1.165, 1.54) is 6.20 Å². The van der Waals surface area contributed by atoms with Gasteiger partial charge in [-0.25, -0.2) is 4.98 Å². The molecule has 1 aliphatic heterocycles. The van der Waals surface area contributed by atoms with Crippen LogP contribution in [0.25, 0.3) is 0 Å². The summed E-state index contributed by atoms with van der Waals surface area (Å²) in [6.45, 7) is 1.14. The molecule has 1 atom stereocenters. The van der Waals surface area contributed by atoms with Gasteiger partial charge in [-0.2, -0.15) is 0 Å². The molecule has 1 saturated heterocycles. The van der Waals surface area contributed by atoms with Gasteiger partial charge in [-0.05, 0) is 0 Å². The Labute approximate surface area is 109 Å². The quantitative estimate of drug-likeness (QED) is 0.810. The number of likely N-dealkylation sites (tertiary alicyclic amines) is 1. The predicted octanol–water partition coefficient (Wildman–Crippen LogP) is 0.758. The van der Waals surface area contributed by atoms with Crippen LogP contribution in [0.3, 0.4) is 0 Å². The van der Waals surface area contributed by atoms with Crippen molar-refractivity contribution in [2.75, 3.05) is 13.1 Å². The van der Waals surface area contributed by atoms with E-state index in [4.69, 9.17) is 9.26 Å². The minimum atomic E-state index is -0.164. The predicted molar refractivity (Wildman–Crippen MR) is 63.5 cm³/mol. The largest absolute Gasteiger partial charge is 0.471 e. The first-order valence-corrected chi connectivity index (χ1v) is 5.95. The first-order chi connectivity index (χ1) is 9.33. The van der Waals surface area contributed by atoms with E-state index in [9.17, 15) is 4.79 Å². The summed E-state index contributed by atoms with van der Waals surface area (Å²) in [5.74, 6) is 0.560. The molecule has 3 heterocycles. The van der Waals surface area contributed by atoms with Gasteiger partial charge in [0.25, 0.3) is 5.91 Å². The van der Waals surface area contributed by atoms with Gasteiger partial charge in [0.05, 0.1) is 18.9 Å². The van der Waals surface area contributed by atoms with Gasteiger partial charge >= 0.3 is 0 Å². The molecule has 0 aromatic carbocycles. The molecule has 0 radical (unpaired) electrons. The van der Waals surface area contributed by atoms with E-state index in [2.05, 4.69) is 15.1 Å². The fourth-order valence-electron chi connectivity index (χ4n) is 2.01. The summed E-state index contributed by atoms with van der Waals surface area (Å²) in [5.41, 5.74) is 0. The number of ether oxygens (including phenoxy) is 1. The lowest BCUT2D eigenvalue weighted by molar-refractivity contribution is 0.0730. The molecule has 1 aliphatic rings. The van der Waals surface area contributed by atoms with Crippen molar-refractivity contribution in [3.8, 4) is 5.88 Å². The molecule has 0 saturated carbocycles. The molecule has 0 aliphatic carbocycles. The molecule has 98 valence electrons. The van der Waals surface area contributed by atoms with Crippen molar-refractivity contribution in [3.05, 3.63) is 36.6 Å². The van der Waals surface area contributed by atoms with E-state index in [1.54, 1.807) is 29.6 Å². The summed E-state index contributed by atoms with van der Waals surface area (Å²) < 4.78 is 10.5. The van der Waals surface area contributed by atoms with Crippen molar-refractivity contribution in [3.63, 3.8) is 0 Å². The summed E-state index contributed by atoms with van der Waals surface area (Å²) in [5, 5.41) is 3.53. The maximum atomic E-state index is 12.0. The molecule has 19 heavy (non-hydrogen) atoms. The number of carbonyl (C=O) groups is 1. The molecule has 0 spiro atoms. The van der Waals surface area contributed by atoms with Crippen LogP contribution in [0.5, 0.6) is 5.88 Å². The van der Waals surface area contributed by atoms with Crippen LogP contribution >= 0.6 is 0 Å². The van der Waals surface area contributed by atoms with E-state index in [-0.39, 0.29) is 17.8 Å². The SMILES string of the molecule is O=C(c1ccno1)N1CCC(Oc2cnccn2)C1. The third-order valence-electron chi connectivity index (χ3n) is 2.91. The number of aromatic nitrogens is 3. The van der Waals surface area contributed by atoms with Crippen LogP contribution in [-0.4, -0.2) is 45.1 Å². The van der Waals surface area contributed by atoms with Crippen molar-refractivity contribution in [1.82, 2.24) is 20.0 Å². The summed E-state index contributed by atoms with van der Waals surface area (Å²) in [6, 6.07) is 1.55. The maximum absolute atomic E-state index is 12.0. The molecule has 1 fully saturated rings. The number of hydrogen-bond acceptors (Lipinski definition) is 6. The summed E-state index contributed by atoms with van der Waals surface area (Å²) in [4.78, 5) is 21.7. The number of carbonyl (C=O) groups excluding carboxylic acids is 1. The molecule has 7 nitrogen and oxygen atoms in total. The minimum absolute atomic E-state index is 0.0661. The molecule has 7 heteroatoms. The van der Waals surface area contributed by atoms with Gasteiger partial charge < -0.3 is 14.2 Å². The van der Waals surface area contributed by atoms with Gasteiger partial charge in [0, 0.05) is 31.4 Å². The van der Waals surface area contributed by atoms with Crippen molar-refractivity contribution in [1.29, 1.82) is 0 Å². The summed E-state index contributed by atoms with van der Waals surface area (Å²) in [6.07, 6.45) is 6.86. The second kappa shape index (κ2) is 5.05. The highest BCUT2D eigenvalue weighted by Gasteiger charge is 2.30. The van der Waals surface area contributed by atoms with Crippen LogP contribution in [0, 0.1) is 0 Å². The van der Waals surface area contributed by atoms with Gasteiger partial charge in [0.15, 0.2) is 0 Å². The fourth-order valence-corrected chi connectivity index (χ4v) is 2.01. The average molecular weight is 260 g/mol. The van der Waals surface area contributed by atoms with E-state index in [0.29, 0.717) is 19.0 Å². The van der Waals surface area contributed by atoms with Gasteiger partial charge in [0.1, 0.15) is 6.10 Å². The highest BCUT2D eigenvalue weighted by molar-refractivity contribution is 5.91. The summed E-state index contributed by atoms with van der Waals surface area (Å²) in [7, 11) is 0. The second-order valence-electron chi connectivity index (χ2n) is 4.20. The normalized spacial score (nSPS) is 18.5. The van der Waals surface area contributed by atoms with Crippen LogP contribution in [0.4, 0.5) is 0 Å². The van der Waals surface area contributed by atoms with E-state index in [0.717, 1.165) is 6.42 Å². The van der Waals surface area contributed by atoms with Gasteiger partial charge in [-0.15, -0.1) is 0 Å². The Morgan fingerprint density at radius 1 is 1.42 bits per heavy atom. The standard InChI is InChI=1S/C12H12N4O3/c17-12(10-1-3-15-19-10)16-6-2-9(8-16)18-11-7-13-4-5-14-11/h1,3-5,7,9H,2,6,8H2. The van der Waals surface area contributed by atoms with Crippen LogP contribution in [0.2, 0.25) is 0 Å². The highest BCUT2D eigenvalue weighted by Crippen LogP contribution is 2.17. The van der Waals surface area contributed by atoms with Gasteiger partial charge in [0.2, 0.25) is 11.6 Å². The van der Waals surface area contributed by atoms with Crippen LogP contribution in [-0.2, 0) is 0 Å². The molecule has 2 aromatic heterocycles. The van der Waals surface area contributed by atoms with Crippen molar-refractivity contribution in [2.24, 2.45) is 0 Å². The molecule has 2 aromatic rings. The van der Waals surface area contributed by atoms with Crippen molar-refractivity contribution in [2.45, 2.75) is 12.5 Å². The summed E-state index contributed by atoms with van der Waals surface area (Å²) >= 11 is 0. The lowest BCUT2D eigenvalue weighted by Crippen LogP contribution is -2.30. The number of amides is 1. The van der Waals surface area contributed by atoms with Gasteiger partial charge in [-0.1, -0.05) is 5.16 Å². The number of rotatable bonds is 3. The Balaban J connectivity index is 1.60. The molecule has 0 bridgehead atoms. The molecular weight excluding hydrogens is 248 g/mol. The molecule has 1 amide bonds. The van der Waals surface area contributed by atoms with Crippen molar-refractivity contribution < 1.29 is 14.1 Å². The zero-order valence-electron chi connectivity index (χ0n) is 10.1. The van der Waals surface area contributed by atoms with E-state index >= 15 is 0 Å².